The van der Waals surface area contributed by atoms with Crippen molar-refractivity contribution in [3.05, 3.63) is 28.0 Å². The molecule has 0 bridgehead atoms. The number of benzene rings is 1. The summed E-state index contributed by atoms with van der Waals surface area (Å²) in [5, 5.41) is 15.1. The van der Waals surface area contributed by atoms with Gasteiger partial charge in [-0.05, 0) is 12.1 Å². The third-order valence-electron chi connectivity index (χ3n) is 3.48. The molecule has 1 aromatic rings. The van der Waals surface area contributed by atoms with E-state index in [1.807, 2.05) is 0 Å². The van der Waals surface area contributed by atoms with Gasteiger partial charge in [-0.15, -0.1) is 12.4 Å². The molecule has 1 aliphatic rings. The summed E-state index contributed by atoms with van der Waals surface area (Å²) >= 11 is 3.07. The second-order valence-electron chi connectivity index (χ2n) is 5.23. The van der Waals surface area contributed by atoms with E-state index in [2.05, 4.69) is 26.6 Å². The van der Waals surface area contributed by atoms with Crippen molar-refractivity contribution >= 4 is 44.1 Å². The maximum absolute atomic E-state index is 14.3. The fourth-order valence-electron chi connectivity index (χ4n) is 2.25. The average molecular weight is 432 g/mol. The normalized spacial score (nSPS) is 20.9. The molecule has 1 heterocycles. The number of aliphatic hydroxyl groups is 1. The molecule has 2 atom stereocenters. The van der Waals surface area contributed by atoms with Gasteiger partial charge in [0.1, 0.15) is 4.90 Å². The van der Waals surface area contributed by atoms with Crippen LogP contribution in [0.5, 0.6) is 0 Å². The minimum absolute atomic E-state index is 0. The lowest BCUT2D eigenvalue weighted by Gasteiger charge is -2.15. The zero-order valence-corrected chi connectivity index (χ0v) is 15.4. The number of hydrogen-bond acceptors (Lipinski definition) is 5. The third kappa shape index (κ3) is 4.87. The van der Waals surface area contributed by atoms with E-state index in [1.165, 1.54) is 6.07 Å². The summed E-state index contributed by atoms with van der Waals surface area (Å²) in [6.45, 7) is 1.17. The van der Waals surface area contributed by atoms with E-state index in [4.69, 9.17) is 0 Å². The zero-order chi connectivity index (χ0) is 16.5. The van der Waals surface area contributed by atoms with Crippen molar-refractivity contribution < 1.29 is 22.7 Å². The van der Waals surface area contributed by atoms with Crippen LogP contribution in [0.15, 0.2) is 21.5 Å². The molecule has 130 valence electrons. The van der Waals surface area contributed by atoms with Crippen LogP contribution in [0.25, 0.3) is 0 Å². The molecule has 0 spiro atoms. The zero-order valence-electron chi connectivity index (χ0n) is 12.2. The molecule has 23 heavy (non-hydrogen) atoms. The highest BCUT2D eigenvalue weighted by atomic mass is 79.9. The average Bonchev–Trinajstić information content (AvgIpc) is 2.82. The minimum Gasteiger partial charge on any atom is -0.391 e. The van der Waals surface area contributed by atoms with Gasteiger partial charge in [-0.25, -0.2) is 12.8 Å². The molecule has 0 saturated carbocycles. The predicted molar refractivity (Wildman–Crippen MR) is 89.2 cm³/mol. The highest BCUT2D eigenvalue weighted by Gasteiger charge is 2.27. The van der Waals surface area contributed by atoms with Crippen LogP contribution in [0, 0.1) is 11.7 Å². The number of nitrogens with one attached hydrogen (secondary N) is 2. The molecular formula is C13H17BrClFN2O4S. The van der Waals surface area contributed by atoms with Gasteiger partial charge in [-0.1, -0.05) is 15.9 Å². The minimum atomic E-state index is -3.79. The maximum Gasteiger partial charge on any atom is 0.254 e. The van der Waals surface area contributed by atoms with Gasteiger partial charge in [0.05, 0.1) is 11.7 Å². The van der Waals surface area contributed by atoms with Gasteiger partial charge in [0.25, 0.3) is 5.91 Å². The molecule has 3 N–H and O–H groups in total. The molecule has 1 aliphatic heterocycles. The van der Waals surface area contributed by atoms with Crippen LogP contribution in [-0.4, -0.2) is 51.4 Å². The first-order valence-electron chi connectivity index (χ1n) is 6.56. The Morgan fingerprint density at radius 2 is 2.13 bits per heavy atom. The molecule has 0 aromatic heterocycles. The smallest absolute Gasteiger partial charge is 0.254 e. The van der Waals surface area contributed by atoms with E-state index in [9.17, 15) is 22.7 Å². The van der Waals surface area contributed by atoms with Gasteiger partial charge in [0.2, 0.25) is 0 Å². The van der Waals surface area contributed by atoms with Crippen molar-refractivity contribution in [2.75, 3.05) is 25.9 Å². The Morgan fingerprint density at radius 1 is 1.48 bits per heavy atom. The summed E-state index contributed by atoms with van der Waals surface area (Å²) in [6, 6.07) is 2.34. The van der Waals surface area contributed by atoms with Crippen molar-refractivity contribution in [2.24, 2.45) is 5.92 Å². The number of sulfone groups is 1. The van der Waals surface area contributed by atoms with E-state index in [-0.39, 0.29) is 30.4 Å². The molecule has 0 aliphatic carbocycles. The third-order valence-corrected chi connectivity index (χ3v) is 5.03. The number of β-amino-alcohol motifs (C(OH)–C–C–N with tert-alkyl or cyclic N) is 1. The van der Waals surface area contributed by atoms with Crippen LogP contribution in [0.3, 0.4) is 0 Å². The van der Waals surface area contributed by atoms with Gasteiger partial charge < -0.3 is 15.7 Å². The number of aliphatic hydroxyl groups excluding tert-OH is 1. The number of carbonyl (C=O) groups excluding carboxylic acids is 1. The Bertz CT molecular complexity index is 701. The summed E-state index contributed by atoms with van der Waals surface area (Å²) in [5.74, 6) is -1.95. The second kappa shape index (κ2) is 7.89. The Balaban J connectivity index is 0.00000264. The van der Waals surface area contributed by atoms with Crippen molar-refractivity contribution in [2.45, 2.75) is 11.0 Å². The highest BCUT2D eigenvalue weighted by Crippen LogP contribution is 2.24. The van der Waals surface area contributed by atoms with E-state index in [0.717, 1.165) is 12.3 Å². The number of amides is 1. The molecule has 0 radical (unpaired) electrons. The van der Waals surface area contributed by atoms with Gasteiger partial charge in [0.15, 0.2) is 15.7 Å². The van der Waals surface area contributed by atoms with E-state index >= 15 is 0 Å². The summed E-state index contributed by atoms with van der Waals surface area (Å²) in [6.07, 6.45) is 0.305. The van der Waals surface area contributed by atoms with Crippen molar-refractivity contribution in [1.29, 1.82) is 0 Å². The topological polar surface area (TPSA) is 95.5 Å². The lowest BCUT2D eigenvalue weighted by Crippen LogP contribution is -2.34. The van der Waals surface area contributed by atoms with Crippen LogP contribution in [0.2, 0.25) is 0 Å². The standard InChI is InChI=1S/C13H16BrFN2O4S.ClH/c1-22(20,21)11-3-8(14)2-9(12(11)15)13(19)17-5-7-4-16-6-10(7)18;/h2-3,7,10,16,18H,4-6H2,1H3,(H,17,19);1H. The van der Waals surface area contributed by atoms with Crippen LogP contribution in [0.1, 0.15) is 10.4 Å². The van der Waals surface area contributed by atoms with E-state index in [0.29, 0.717) is 17.6 Å². The fourth-order valence-corrected chi connectivity index (χ4v) is 3.63. The van der Waals surface area contributed by atoms with Crippen molar-refractivity contribution in [1.82, 2.24) is 10.6 Å². The molecule has 1 amide bonds. The van der Waals surface area contributed by atoms with E-state index < -0.39 is 32.6 Å². The first-order valence-corrected chi connectivity index (χ1v) is 9.24. The van der Waals surface area contributed by atoms with E-state index in [1.54, 1.807) is 0 Å². The number of halogens is 3. The molecular weight excluding hydrogens is 415 g/mol. The number of rotatable bonds is 4. The molecule has 10 heteroatoms. The quantitative estimate of drug-likeness (QED) is 0.653. The first-order chi connectivity index (χ1) is 10.2. The fraction of sp³-hybridized carbons (Fsp3) is 0.462. The monoisotopic (exact) mass is 430 g/mol. The van der Waals surface area contributed by atoms with Gasteiger partial charge in [-0.3, -0.25) is 4.79 Å². The van der Waals surface area contributed by atoms with Crippen LogP contribution >= 0.6 is 28.3 Å². The molecule has 2 rings (SSSR count). The summed E-state index contributed by atoms with van der Waals surface area (Å²) in [4.78, 5) is 11.6. The summed E-state index contributed by atoms with van der Waals surface area (Å²) in [7, 11) is -3.79. The Hall–Kier alpha value is -0.740. The first kappa shape index (κ1) is 20.3. The van der Waals surface area contributed by atoms with Crippen molar-refractivity contribution in [3.8, 4) is 0 Å². The predicted octanol–water partition coefficient (Wildman–Crippen LogP) is 0.724. The highest BCUT2D eigenvalue weighted by molar-refractivity contribution is 9.10. The van der Waals surface area contributed by atoms with Gasteiger partial charge in [-0.2, -0.15) is 0 Å². The lowest BCUT2D eigenvalue weighted by atomic mass is 10.1. The molecule has 1 fully saturated rings. The Labute approximate surface area is 148 Å². The number of hydrogen-bond donors (Lipinski definition) is 3. The SMILES string of the molecule is CS(=O)(=O)c1cc(Br)cc(C(=O)NCC2CNCC2O)c1F.Cl. The Morgan fingerprint density at radius 3 is 2.65 bits per heavy atom. The molecule has 1 saturated heterocycles. The molecule has 6 nitrogen and oxygen atoms in total. The Kier molecular flexibility index (Phi) is 6.96. The largest absolute Gasteiger partial charge is 0.391 e. The maximum atomic E-state index is 14.3. The summed E-state index contributed by atoms with van der Waals surface area (Å²) in [5.41, 5.74) is -0.352. The summed E-state index contributed by atoms with van der Waals surface area (Å²) < 4.78 is 37.7. The number of carbonyl (C=O) groups is 1. The van der Waals surface area contributed by atoms with Crippen LogP contribution in [0.4, 0.5) is 4.39 Å². The van der Waals surface area contributed by atoms with Gasteiger partial charge in [0, 0.05) is 36.3 Å². The van der Waals surface area contributed by atoms with Crippen LogP contribution in [-0.2, 0) is 9.84 Å². The molecule has 1 aromatic carbocycles. The molecule has 2 unspecified atom stereocenters. The van der Waals surface area contributed by atoms with Crippen LogP contribution < -0.4 is 10.6 Å². The van der Waals surface area contributed by atoms with Gasteiger partial charge >= 0.3 is 0 Å². The lowest BCUT2D eigenvalue weighted by molar-refractivity contribution is 0.0922. The van der Waals surface area contributed by atoms with Crippen molar-refractivity contribution in [3.63, 3.8) is 0 Å². The second-order valence-corrected chi connectivity index (χ2v) is 8.13.